The topological polar surface area (TPSA) is 38.9 Å². The predicted molar refractivity (Wildman–Crippen MR) is 65.5 cm³/mol. The van der Waals surface area contributed by atoms with Crippen LogP contribution in [-0.2, 0) is 12.6 Å². The fraction of sp³-hybridized carbons (Fsp3) is 0.250. The molecule has 0 aliphatic carbocycles. The van der Waals surface area contributed by atoms with Gasteiger partial charge in [0.15, 0.2) is 0 Å². The van der Waals surface area contributed by atoms with Crippen molar-refractivity contribution in [2.75, 3.05) is 5.73 Å². The Labute approximate surface area is 107 Å². The van der Waals surface area contributed by atoms with Crippen LogP contribution in [0.3, 0.4) is 0 Å². The lowest BCUT2D eigenvalue weighted by atomic mass is 10.1. The van der Waals surface area contributed by atoms with Gasteiger partial charge in [0.2, 0.25) is 0 Å². The Bertz CT molecular complexity index is 608. The zero-order chi connectivity index (χ0) is 13.5. The average molecular weight is 275 g/mol. The first-order chi connectivity index (χ1) is 8.32. The van der Waals surface area contributed by atoms with Gasteiger partial charge in [0, 0.05) is 10.4 Å². The number of anilines is 1. The first-order valence-corrected chi connectivity index (χ1v) is 5.66. The number of alkyl halides is 3. The first-order valence-electron chi connectivity index (χ1n) is 5.28. The largest absolute Gasteiger partial charge is 0.418 e. The molecule has 1 aromatic heterocycles. The van der Waals surface area contributed by atoms with Gasteiger partial charge >= 0.3 is 6.18 Å². The van der Waals surface area contributed by atoms with Crippen LogP contribution in [0.5, 0.6) is 0 Å². The Morgan fingerprint density at radius 1 is 1.28 bits per heavy atom. The van der Waals surface area contributed by atoms with Crippen molar-refractivity contribution in [2.24, 2.45) is 0 Å². The zero-order valence-electron chi connectivity index (χ0n) is 9.48. The third-order valence-corrected chi connectivity index (χ3v) is 2.90. The quantitative estimate of drug-likeness (QED) is 0.852. The van der Waals surface area contributed by atoms with Gasteiger partial charge in [-0.15, -0.1) is 0 Å². The molecule has 0 radical (unpaired) electrons. The highest BCUT2D eigenvalue weighted by molar-refractivity contribution is 6.31. The maximum Gasteiger partial charge on any atom is 0.418 e. The number of nitrogens with two attached hydrogens (primary N) is 1. The van der Waals surface area contributed by atoms with E-state index in [1.165, 1.54) is 6.07 Å². The molecule has 0 amide bonds. The molecule has 6 heteroatoms. The number of benzene rings is 1. The monoisotopic (exact) mass is 274 g/mol. The van der Waals surface area contributed by atoms with Gasteiger partial charge in [-0.05, 0) is 30.2 Å². The summed E-state index contributed by atoms with van der Waals surface area (Å²) >= 11 is 5.71. The Morgan fingerprint density at radius 3 is 2.50 bits per heavy atom. The van der Waals surface area contributed by atoms with Crippen LogP contribution < -0.4 is 5.73 Å². The van der Waals surface area contributed by atoms with Crippen LogP contribution in [0.2, 0.25) is 5.02 Å². The molecule has 2 N–H and O–H groups in total. The highest BCUT2D eigenvalue weighted by Gasteiger charge is 2.34. The lowest BCUT2D eigenvalue weighted by Gasteiger charge is -2.12. The zero-order valence-corrected chi connectivity index (χ0v) is 10.2. The molecule has 0 saturated heterocycles. The number of rotatable bonds is 1. The van der Waals surface area contributed by atoms with Crippen molar-refractivity contribution in [1.29, 1.82) is 0 Å². The standard InChI is InChI=1S/C12H10ClF3N2/c1-2-6-3-7-4-8(13)5-9(12(14,15)16)10(7)18-11(6)17/h3-5H,2H2,1H3,(H2,17,18). The van der Waals surface area contributed by atoms with Gasteiger partial charge in [-0.3, -0.25) is 0 Å². The third-order valence-electron chi connectivity index (χ3n) is 2.68. The molecular weight excluding hydrogens is 265 g/mol. The minimum atomic E-state index is -4.50. The number of pyridine rings is 1. The fourth-order valence-electron chi connectivity index (χ4n) is 1.81. The van der Waals surface area contributed by atoms with Gasteiger partial charge in [-0.2, -0.15) is 13.2 Å². The summed E-state index contributed by atoms with van der Waals surface area (Å²) < 4.78 is 38.6. The van der Waals surface area contributed by atoms with E-state index in [1.807, 2.05) is 6.92 Å². The van der Waals surface area contributed by atoms with Crippen LogP contribution >= 0.6 is 11.6 Å². The SMILES string of the molecule is CCc1cc2cc(Cl)cc(C(F)(F)F)c2nc1N. The van der Waals surface area contributed by atoms with Crippen molar-refractivity contribution >= 4 is 28.3 Å². The summed E-state index contributed by atoms with van der Waals surface area (Å²) in [7, 11) is 0. The second-order valence-corrected chi connectivity index (χ2v) is 4.35. The molecule has 0 fully saturated rings. The van der Waals surface area contributed by atoms with E-state index in [-0.39, 0.29) is 16.4 Å². The summed E-state index contributed by atoms with van der Waals surface area (Å²) in [5, 5.41) is 0.379. The highest BCUT2D eigenvalue weighted by Crippen LogP contribution is 2.36. The summed E-state index contributed by atoms with van der Waals surface area (Å²) in [6.45, 7) is 1.86. The number of hydrogen-bond acceptors (Lipinski definition) is 2. The molecule has 96 valence electrons. The molecular formula is C12H10ClF3N2. The Hall–Kier alpha value is -1.49. The van der Waals surface area contributed by atoms with E-state index in [1.54, 1.807) is 6.07 Å². The molecule has 2 rings (SSSR count). The van der Waals surface area contributed by atoms with Crippen molar-refractivity contribution in [3.8, 4) is 0 Å². The van der Waals surface area contributed by atoms with Gasteiger partial charge in [-0.25, -0.2) is 4.98 Å². The van der Waals surface area contributed by atoms with Gasteiger partial charge < -0.3 is 5.73 Å². The molecule has 0 aliphatic heterocycles. The number of hydrogen-bond donors (Lipinski definition) is 1. The van der Waals surface area contributed by atoms with E-state index in [0.717, 1.165) is 6.07 Å². The minimum absolute atomic E-state index is 0.0310. The summed E-state index contributed by atoms with van der Waals surface area (Å²) in [6, 6.07) is 3.92. The molecule has 0 aliphatic rings. The van der Waals surface area contributed by atoms with Crippen LogP contribution in [-0.4, -0.2) is 4.98 Å². The number of aromatic nitrogens is 1. The fourth-order valence-corrected chi connectivity index (χ4v) is 2.03. The van der Waals surface area contributed by atoms with Gasteiger partial charge in [0.05, 0.1) is 11.1 Å². The lowest BCUT2D eigenvalue weighted by molar-refractivity contribution is -0.136. The summed E-state index contributed by atoms with van der Waals surface area (Å²) in [5.74, 6) is 0.123. The number of halogens is 4. The molecule has 0 unspecified atom stereocenters. The Balaban J connectivity index is 2.84. The summed E-state index contributed by atoms with van der Waals surface area (Å²) in [4.78, 5) is 3.85. The highest BCUT2D eigenvalue weighted by atomic mass is 35.5. The van der Waals surface area contributed by atoms with E-state index >= 15 is 0 Å². The smallest absolute Gasteiger partial charge is 0.383 e. The molecule has 1 aromatic carbocycles. The van der Waals surface area contributed by atoms with Crippen LogP contribution in [0.1, 0.15) is 18.1 Å². The molecule has 2 aromatic rings. The first kappa shape index (κ1) is 13.0. The van der Waals surface area contributed by atoms with Crippen LogP contribution in [0.4, 0.5) is 19.0 Å². The summed E-state index contributed by atoms with van der Waals surface area (Å²) in [6.07, 6.45) is -3.90. The van der Waals surface area contributed by atoms with Crippen molar-refractivity contribution < 1.29 is 13.2 Å². The van der Waals surface area contributed by atoms with Crippen LogP contribution in [0, 0.1) is 0 Å². The summed E-state index contributed by atoms with van der Waals surface area (Å²) in [5.41, 5.74) is 5.32. The molecule has 0 bridgehead atoms. The maximum absolute atomic E-state index is 12.9. The van der Waals surface area contributed by atoms with Gasteiger partial charge in [0.25, 0.3) is 0 Å². The normalized spacial score (nSPS) is 12.1. The van der Waals surface area contributed by atoms with Crippen LogP contribution in [0.25, 0.3) is 10.9 Å². The molecule has 2 nitrogen and oxygen atoms in total. The molecule has 0 saturated carbocycles. The Morgan fingerprint density at radius 2 is 1.94 bits per heavy atom. The second-order valence-electron chi connectivity index (χ2n) is 3.91. The van der Waals surface area contributed by atoms with Crippen molar-refractivity contribution in [2.45, 2.75) is 19.5 Å². The minimum Gasteiger partial charge on any atom is -0.383 e. The van der Waals surface area contributed by atoms with E-state index < -0.39 is 11.7 Å². The van der Waals surface area contributed by atoms with Gasteiger partial charge in [-0.1, -0.05) is 18.5 Å². The number of nitrogens with zero attached hydrogens (tertiary/aromatic N) is 1. The third kappa shape index (κ3) is 2.22. The predicted octanol–water partition coefficient (Wildman–Crippen LogP) is 4.05. The van der Waals surface area contributed by atoms with Crippen molar-refractivity contribution in [3.05, 3.63) is 34.3 Å². The second kappa shape index (κ2) is 4.31. The van der Waals surface area contributed by atoms with Crippen molar-refractivity contribution in [3.63, 3.8) is 0 Å². The van der Waals surface area contributed by atoms with E-state index in [2.05, 4.69) is 4.98 Å². The number of fused-ring (bicyclic) bond motifs is 1. The average Bonchev–Trinajstić information content (AvgIpc) is 2.26. The molecule has 0 spiro atoms. The molecule has 18 heavy (non-hydrogen) atoms. The number of nitrogen functional groups attached to an aromatic ring is 1. The van der Waals surface area contributed by atoms with Crippen LogP contribution in [0.15, 0.2) is 18.2 Å². The molecule has 1 heterocycles. The van der Waals surface area contributed by atoms with E-state index in [9.17, 15) is 13.2 Å². The van der Waals surface area contributed by atoms with E-state index in [4.69, 9.17) is 17.3 Å². The maximum atomic E-state index is 12.9. The number of aryl methyl sites for hydroxylation is 1. The molecule has 0 atom stereocenters. The van der Waals surface area contributed by atoms with E-state index in [0.29, 0.717) is 17.4 Å². The van der Waals surface area contributed by atoms with Gasteiger partial charge in [0.1, 0.15) is 5.82 Å². The Kier molecular flexibility index (Phi) is 3.11. The van der Waals surface area contributed by atoms with Crippen molar-refractivity contribution in [1.82, 2.24) is 4.98 Å². The lowest BCUT2D eigenvalue weighted by Crippen LogP contribution is -2.08.